The molecule has 0 fully saturated rings. The quantitative estimate of drug-likeness (QED) is 0.163. The fraction of sp³-hybridized carbons (Fsp3) is 0.667. The van der Waals surface area contributed by atoms with Crippen LogP contribution in [0, 0.1) is 5.41 Å². The van der Waals surface area contributed by atoms with Crippen molar-refractivity contribution in [2.24, 2.45) is 11.5 Å². The summed E-state index contributed by atoms with van der Waals surface area (Å²) >= 11 is 0. The summed E-state index contributed by atoms with van der Waals surface area (Å²) in [5.74, 6) is -1.11. The van der Waals surface area contributed by atoms with Gasteiger partial charge in [-0.15, -0.1) is 12.4 Å². The van der Waals surface area contributed by atoms with E-state index in [1.165, 1.54) is 0 Å². The number of aliphatic carboxylic acids is 1. The van der Waals surface area contributed by atoms with E-state index < -0.39 is 12.0 Å². The van der Waals surface area contributed by atoms with Gasteiger partial charge in [0.1, 0.15) is 6.04 Å². The Morgan fingerprint density at radius 1 is 1.57 bits per heavy atom. The zero-order valence-corrected chi connectivity index (χ0v) is 7.93. The molecule has 1 atom stereocenters. The molecule has 0 heterocycles. The third kappa shape index (κ3) is 11.5. The van der Waals surface area contributed by atoms with Gasteiger partial charge in [0.15, 0.2) is 23.3 Å². The molecule has 0 aromatic heterocycles. The SMILES string of the molecule is Cl.N=C(N)NCCC[C@H](N)C(=O)O.[AlH3]. The number of rotatable bonds is 5. The van der Waals surface area contributed by atoms with Crippen LogP contribution in [-0.2, 0) is 4.79 Å². The van der Waals surface area contributed by atoms with Gasteiger partial charge in [0.25, 0.3) is 0 Å². The molecule has 6 nitrogen and oxygen atoms in total. The summed E-state index contributed by atoms with van der Waals surface area (Å²) in [6, 6.07) is -0.821. The molecule has 7 N–H and O–H groups in total. The van der Waals surface area contributed by atoms with Gasteiger partial charge in [-0.3, -0.25) is 10.2 Å². The van der Waals surface area contributed by atoms with Crippen LogP contribution in [0.1, 0.15) is 12.8 Å². The Labute approximate surface area is 99.5 Å². The van der Waals surface area contributed by atoms with Crippen LogP contribution in [0.3, 0.4) is 0 Å². The molecular formula is C6H18AlClN4O2. The maximum atomic E-state index is 10.2. The zero-order chi connectivity index (χ0) is 9.56. The first kappa shape index (κ1) is 19.2. The summed E-state index contributed by atoms with van der Waals surface area (Å²) in [5.41, 5.74) is 10.2. The van der Waals surface area contributed by atoms with Crippen LogP contribution in [0.5, 0.6) is 0 Å². The minimum absolute atomic E-state index is 0. The fourth-order valence-electron chi connectivity index (χ4n) is 0.669. The average molecular weight is 241 g/mol. The lowest BCUT2D eigenvalue weighted by atomic mass is 10.2. The van der Waals surface area contributed by atoms with Gasteiger partial charge in [-0.25, -0.2) is 0 Å². The molecule has 0 aromatic rings. The maximum absolute atomic E-state index is 10.2. The van der Waals surface area contributed by atoms with Crippen molar-refractivity contribution in [3.63, 3.8) is 0 Å². The number of carboxylic acid groups (broad SMARTS) is 1. The third-order valence-corrected chi connectivity index (χ3v) is 1.32. The van der Waals surface area contributed by atoms with Gasteiger partial charge in [-0.1, -0.05) is 0 Å². The summed E-state index contributed by atoms with van der Waals surface area (Å²) in [4.78, 5) is 10.2. The van der Waals surface area contributed by atoms with Crippen molar-refractivity contribution in [3.8, 4) is 0 Å². The molecule has 0 aliphatic rings. The second-order valence-electron chi connectivity index (χ2n) is 2.43. The molecule has 8 heteroatoms. The highest BCUT2D eigenvalue weighted by Gasteiger charge is 2.09. The largest absolute Gasteiger partial charge is 0.480 e. The maximum Gasteiger partial charge on any atom is 0.320 e. The minimum Gasteiger partial charge on any atom is -0.480 e. The van der Waals surface area contributed by atoms with Crippen LogP contribution < -0.4 is 16.8 Å². The predicted octanol–water partition coefficient (Wildman–Crippen LogP) is -2.10. The molecule has 0 saturated heterocycles. The predicted molar refractivity (Wildman–Crippen MR) is 61.9 cm³/mol. The van der Waals surface area contributed by atoms with E-state index in [9.17, 15) is 4.79 Å². The molecule has 0 aliphatic heterocycles. The summed E-state index contributed by atoms with van der Waals surface area (Å²) in [6.07, 6.45) is 0.975. The second kappa shape index (κ2) is 10.6. The number of nitrogens with two attached hydrogens (primary N) is 2. The van der Waals surface area contributed by atoms with Gasteiger partial charge < -0.3 is 21.9 Å². The van der Waals surface area contributed by atoms with Crippen molar-refractivity contribution < 1.29 is 9.90 Å². The molecule has 0 aromatic carbocycles. The van der Waals surface area contributed by atoms with Gasteiger partial charge in [0.05, 0.1) is 0 Å². The number of nitrogens with one attached hydrogen (secondary N) is 2. The average Bonchev–Trinajstić information content (AvgIpc) is 1.97. The molecule has 0 saturated carbocycles. The number of halogens is 1. The molecule has 0 radical (unpaired) electrons. The van der Waals surface area contributed by atoms with E-state index in [2.05, 4.69) is 5.32 Å². The van der Waals surface area contributed by atoms with Crippen molar-refractivity contribution in [1.29, 1.82) is 5.41 Å². The summed E-state index contributed by atoms with van der Waals surface area (Å²) in [5, 5.41) is 17.7. The third-order valence-electron chi connectivity index (χ3n) is 1.32. The lowest BCUT2D eigenvalue weighted by Gasteiger charge is -2.06. The molecule has 0 unspecified atom stereocenters. The Balaban J connectivity index is -0.000000605. The topological polar surface area (TPSA) is 125 Å². The smallest absolute Gasteiger partial charge is 0.320 e. The summed E-state index contributed by atoms with van der Waals surface area (Å²) in [6.45, 7) is 0.482. The van der Waals surface area contributed by atoms with Gasteiger partial charge >= 0.3 is 5.97 Å². The van der Waals surface area contributed by atoms with Crippen molar-refractivity contribution in [1.82, 2.24) is 5.32 Å². The Bertz CT molecular complexity index is 181. The van der Waals surface area contributed by atoms with Crippen molar-refractivity contribution in [3.05, 3.63) is 0 Å². The van der Waals surface area contributed by atoms with Gasteiger partial charge in [0, 0.05) is 6.54 Å². The number of guanidine groups is 1. The Morgan fingerprint density at radius 3 is 2.43 bits per heavy atom. The highest BCUT2D eigenvalue weighted by Crippen LogP contribution is 1.92. The first-order chi connectivity index (χ1) is 5.54. The lowest BCUT2D eigenvalue weighted by Crippen LogP contribution is -2.34. The summed E-state index contributed by atoms with van der Waals surface area (Å²) in [7, 11) is 0. The van der Waals surface area contributed by atoms with E-state index in [-0.39, 0.29) is 35.7 Å². The monoisotopic (exact) mass is 240 g/mol. The van der Waals surface area contributed by atoms with Gasteiger partial charge in [-0.2, -0.15) is 0 Å². The first-order valence-corrected chi connectivity index (χ1v) is 3.60. The number of hydrogen-bond donors (Lipinski definition) is 5. The number of carboxylic acids is 1. The van der Waals surface area contributed by atoms with E-state index >= 15 is 0 Å². The van der Waals surface area contributed by atoms with Gasteiger partial charge in [0.2, 0.25) is 0 Å². The van der Waals surface area contributed by atoms with Crippen LogP contribution in [-0.4, -0.2) is 47.0 Å². The molecule has 0 aliphatic carbocycles. The highest BCUT2D eigenvalue weighted by atomic mass is 35.5. The van der Waals surface area contributed by atoms with Crippen molar-refractivity contribution >= 4 is 41.7 Å². The normalized spacial score (nSPS) is 10.4. The Kier molecular flexibility index (Phi) is 14.5. The van der Waals surface area contributed by atoms with Crippen LogP contribution in [0.4, 0.5) is 0 Å². The van der Waals surface area contributed by atoms with Crippen LogP contribution in [0.15, 0.2) is 0 Å². The van der Waals surface area contributed by atoms with Crippen LogP contribution >= 0.6 is 12.4 Å². The minimum atomic E-state index is -1.00. The Hall–Kier alpha value is -0.478. The van der Waals surface area contributed by atoms with Crippen molar-refractivity contribution in [2.45, 2.75) is 18.9 Å². The lowest BCUT2D eigenvalue weighted by molar-refractivity contribution is -0.138. The van der Waals surface area contributed by atoms with E-state index in [0.717, 1.165) is 0 Å². The molecular weight excluding hydrogens is 223 g/mol. The number of carbonyl (C=O) groups is 1. The van der Waals surface area contributed by atoms with E-state index in [0.29, 0.717) is 19.4 Å². The van der Waals surface area contributed by atoms with E-state index in [1.807, 2.05) is 0 Å². The van der Waals surface area contributed by atoms with Crippen molar-refractivity contribution in [2.75, 3.05) is 6.54 Å². The second-order valence-corrected chi connectivity index (χ2v) is 2.43. The van der Waals surface area contributed by atoms with Crippen LogP contribution in [0.25, 0.3) is 0 Å². The zero-order valence-electron chi connectivity index (χ0n) is 7.12. The standard InChI is InChI=1S/C6H14N4O2.Al.ClH.3H/c7-4(5(11)12)2-1-3-10-6(8)9;;;;;/h4H,1-3,7H2,(H,11,12)(H4,8,9,10);;1H;;;/t4-;;;;;/m0...../s1. The summed E-state index contributed by atoms with van der Waals surface area (Å²) < 4.78 is 0. The van der Waals surface area contributed by atoms with Gasteiger partial charge in [-0.05, 0) is 12.8 Å². The number of hydrogen-bond acceptors (Lipinski definition) is 3. The molecule has 14 heavy (non-hydrogen) atoms. The Morgan fingerprint density at radius 2 is 2.07 bits per heavy atom. The molecule has 0 spiro atoms. The molecule has 0 bridgehead atoms. The molecule has 0 amide bonds. The highest BCUT2D eigenvalue weighted by molar-refractivity contribution is 5.85. The first-order valence-electron chi connectivity index (χ1n) is 3.60. The van der Waals surface area contributed by atoms with E-state index in [1.54, 1.807) is 0 Å². The fourth-order valence-corrected chi connectivity index (χ4v) is 0.669. The molecule has 0 rings (SSSR count). The molecule has 84 valence electrons. The van der Waals surface area contributed by atoms with E-state index in [4.69, 9.17) is 22.0 Å². The van der Waals surface area contributed by atoms with Crippen LogP contribution in [0.2, 0.25) is 0 Å².